The van der Waals surface area contributed by atoms with Crippen LogP contribution in [0.2, 0.25) is 0 Å². The molecule has 1 saturated carbocycles. The van der Waals surface area contributed by atoms with Crippen LogP contribution in [-0.2, 0) is 32.0 Å². The second-order valence-electron chi connectivity index (χ2n) is 10.3. The number of carboxylic acid groups (broad SMARTS) is 2. The van der Waals surface area contributed by atoms with E-state index in [1.54, 1.807) is 12.1 Å². The van der Waals surface area contributed by atoms with E-state index in [1.165, 1.54) is 4.90 Å². The van der Waals surface area contributed by atoms with Crippen molar-refractivity contribution in [2.75, 3.05) is 11.4 Å². The summed E-state index contributed by atoms with van der Waals surface area (Å²) in [6.07, 6.45) is 4.94. The fourth-order valence-corrected chi connectivity index (χ4v) is 5.81. The number of aryl methyl sites for hydroxylation is 2. The van der Waals surface area contributed by atoms with Gasteiger partial charge in [0, 0.05) is 5.69 Å². The molecule has 8 heteroatoms. The Labute approximate surface area is 216 Å². The summed E-state index contributed by atoms with van der Waals surface area (Å²) in [4.78, 5) is 52.1. The first kappa shape index (κ1) is 26.4. The van der Waals surface area contributed by atoms with Gasteiger partial charge in [-0.3, -0.25) is 24.1 Å². The minimum Gasteiger partial charge on any atom is -0.481 e. The molecule has 0 unspecified atom stereocenters. The smallest absolute Gasteiger partial charge is 0.323 e. The highest BCUT2D eigenvalue weighted by Crippen LogP contribution is 2.44. The first-order valence-corrected chi connectivity index (χ1v) is 13.0. The van der Waals surface area contributed by atoms with E-state index >= 15 is 0 Å². The van der Waals surface area contributed by atoms with Crippen LogP contribution in [-0.4, -0.2) is 46.6 Å². The number of nitrogens with zero attached hydrogens (tertiary/aromatic N) is 1. The Bertz CT molecular complexity index is 1140. The molecule has 2 aromatic carbocycles. The van der Waals surface area contributed by atoms with Gasteiger partial charge in [0.1, 0.15) is 12.6 Å². The van der Waals surface area contributed by atoms with Gasteiger partial charge >= 0.3 is 11.9 Å². The Hall–Kier alpha value is -3.68. The largest absolute Gasteiger partial charge is 0.481 e. The van der Waals surface area contributed by atoms with Gasteiger partial charge < -0.3 is 15.5 Å². The van der Waals surface area contributed by atoms with E-state index in [0.29, 0.717) is 44.2 Å². The number of carbonyl (C=O) groups excluding carboxylic acids is 2. The zero-order valence-electron chi connectivity index (χ0n) is 20.9. The lowest BCUT2D eigenvalue weighted by atomic mass is 9.75. The molecule has 0 spiro atoms. The molecule has 196 valence electrons. The molecule has 0 saturated heterocycles. The van der Waals surface area contributed by atoms with Crippen LogP contribution in [0.3, 0.4) is 0 Å². The number of nitrogens with one attached hydrogen (secondary N) is 1. The van der Waals surface area contributed by atoms with Crippen molar-refractivity contribution >= 4 is 29.4 Å². The highest BCUT2D eigenvalue weighted by molar-refractivity contribution is 6.03. The van der Waals surface area contributed by atoms with E-state index in [-0.39, 0.29) is 12.3 Å². The molecule has 1 heterocycles. The van der Waals surface area contributed by atoms with Gasteiger partial charge in [-0.1, -0.05) is 61.4 Å². The minimum absolute atomic E-state index is 0.223. The summed E-state index contributed by atoms with van der Waals surface area (Å²) < 4.78 is 0. The summed E-state index contributed by atoms with van der Waals surface area (Å²) in [7, 11) is 0. The Morgan fingerprint density at radius 1 is 1.00 bits per heavy atom. The quantitative estimate of drug-likeness (QED) is 0.450. The van der Waals surface area contributed by atoms with Gasteiger partial charge in [-0.15, -0.1) is 0 Å². The topological polar surface area (TPSA) is 124 Å². The number of rotatable bonds is 10. The average Bonchev–Trinajstić information content (AvgIpc) is 3.33. The van der Waals surface area contributed by atoms with Gasteiger partial charge in [0.2, 0.25) is 11.8 Å². The number of para-hydroxylation sites is 1. The minimum atomic E-state index is -1.13. The first-order valence-electron chi connectivity index (χ1n) is 13.0. The third-order valence-corrected chi connectivity index (χ3v) is 7.80. The van der Waals surface area contributed by atoms with Gasteiger partial charge in [-0.2, -0.15) is 0 Å². The van der Waals surface area contributed by atoms with Crippen LogP contribution in [0.15, 0.2) is 54.6 Å². The van der Waals surface area contributed by atoms with Crippen LogP contribution in [0, 0.1) is 11.3 Å². The van der Waals surface area contributed by atoms with Gasteiger partial charge in [0.05, 0.1) is 11.3 Å². The third-order valence-electron chi connectivity index (χ3n) is 7.80. The maximum absolute atomic E-state index is 13.7. The number of aliphatic carboxylic acids is 2. The van der Waals surface area contributed by atoms with Crippen molar-refractivity contribution in [2.24, 2.45) is 11.3 Å². The fourth-order valence-electron chi connectivity index (χ4n) is 5.81. The van der Waals surface area contributed by atoms with Gasteiger partial charge in [0.25, 0.3) is 0 Å². The van der Waals surface area contributed by atoms with Crippen LogP contribution >= 0.6 is 0 Å². The Balaban J connectivity index is 1.51. The first-order chi connectivity index (χ1) is 17.8. The van der Waals surface area contributed by atoms with Crippen molar-refractivity contribution in [3.05, 3.63) is 65.7 Å². The van der Waals surface area contributed by atoms with Gasteiger partial charge in [-0.05, 0) is 62.1 Å². The lowest BCUT2D eigenvalue weighted by molar-refractivity contribution is -0.145. The van der Waals surface area contributed by atoms with Crippen molar-refractivity contribution in [2.45, 2.75) is 63.8 Å². The highest BCUT2D eigenvalue weighted by Gasteiger charge is 2.45. The molecule has 1 fully saturated rings. The van der Waals surface area contributed by atoms with Crippen molar-refractivity contribution in [3.63, 3.8) is 0 Å². The molecule has 4 rings (SSSR count). The van der Waals surface area contributed by atoms with Crippen molar-refractivity contribution < 1.29 is 29.4 Å². The average molecular weight is 507 g/mol. The Morgan fingerprint density at radius 2 is 1.68 bits per heavy atom. The summed E-state index contributed by atoms with van der Waals surface area (Å²) in [5.74, 6) is -3.47. The van der Waals surface area contributed by atoms with Crippen LogP contribution in [0.4, 0.5) is 5.69 Å². The molecule has 37 heavy (non-hydrogen) atoms. The van der Waals surface area contributed by atoms with Gasteiger partial charge in [0.15, 0.2) is 0 Å². The normalized spacial score (nSPS) is 19.5. The van der Waals surface area contributed by atoms with Crippen LogP contribution in [0.1, 0.15) is 56.1 Å². The summed E-state index contributed by atoms with van der Waals surface area (Å²) >= 11 is 0. The molecule has 2 aromatic rings. The highest BCUT2D eigenvalue weighted by atomic mass is 16.4. The SMILES string of the molecule is O=C(O)CN1C(=O)[C@H](NC(=O)C2(C[C@H](CCc3ccccc3)C(=O)O)CCCC2)CCc2ccccc21. The Morgan fingerprint density at radius 3 is 2.35 bits per heavy atom. The summed E-state index contributed by atoms with van der Waals surface area (Å²) in [5.41, 5.74) is 1.61. The Kier molecular flexibility index (Phi) is 8.26. The number of benzene rings is 2. The lowest BCUT2D eigenvalue weighted by Crippen LogP contribution is -2.53. The van der Waals surface area contributed by atoms with Crippen molar-refractivity contribution in [3.8, 4) is 0 Å². The van der Waals surface area contributed by atoms with Crippen LogP contribution < -0.4 is 10.2 Å². The van der Waals surface area contributed by atoms with Crippen molar-refractivity contribution in [1.29, 1.82) is 0 Å². The third kappa shape index (κ3) is 6.18. The lowest BCUT2D eigenvalue weighted by Gasteiger charge is -2.33. The number of fused-ring (bicyclic) bond motifs is 1. The summed E-state index contributed by atoms with van der Waals surface area (Å²) in [6, 6.07) is 16.0. The van der Waals surface area contributed by atoms with E-state index in [1.807, 2.05) is 42.5 Å². The zero-order chi connectivity index (χ0) is 26.4. The van der Waals surface area contributed by atoms with E-state index < -0.39 is 41.8 Å². The molecule has 1 aliphatic carbocycles. The summed E-state index contributed by atoms with van der Waals surface area (Å²) in [6.45, 7) is -0.492. The molecular weight excluding hydrogens is 472 g/mol. The van der Waals surface area contributed by atoms with Crippen LogP contribution in [0.5, 0.6) is 0 Å². The maximum atomic E-state index is 13.7. The number of carboxylic acids is 2. The molecule has 2 atom stereocenters. The molecule has 0 radical (unpaired) electrons. The second kappa shape index (κ2) is 11.6. The number of carbonyl (C=O) groups is 4. The summed E-state index contributed by atoms with van der Waals surface area (Å²) in [5, 5.41) is 22.3. The van der Waals surface area contributed by atoms with Crippen molar-refractivity contribution in [1.82, 2.24) is 5.32 Å². The predicted molar refractivity (Wildman–Crippen MR) is 138 cm³/mol. The molecule has 2 aliphatic rings. The monoisotopic (exact) mass is 506 g/mol. The van der Waals surface area contributed by atoms with E-state index in [2.05, 4.69) is 5.32 Å². The molecule has 0 aromatic heterocycles. The van der Waals surface area contributed by atoms with E-state index in [0.717, 1.165) is 24.0 Å². The number of anilines is 1. The molecule has 2 amide bonds. The van der Waals surface area contributed by atoms with E-state index in [9.17, 15) is 29.4 Å². The molecule has 8 nitrogen and oxygen atoms in total. The van der Waals surface area contributed by atoms with Crippen LogP contribution in [0.25, 0.3) is 0 Å². The predicted octanol–water partition coefficient (Wildman–Crippen LogP) is 3.82. The molecule has 3 N–H and O–H groups in total. The number of hydrogen-bond acceptors (Lipinski definition) is 4. The number of hydrogen-bond donors (Lipinski definition) is 3. The molecule has 0 bridgehead atoms. The standard InChI is InChI=1S/C29H34N2O6/c32-25(33)19-31-24-11-5-4-10-21(24)14-15-23(26(31)34)30-28(37)29(16-6-7-17-29)18-22(27(35)36)13-12-20-8-2-1-3-9-20/h1-5,8-11,22-23H,6-7,12-19H2,(H,30,37)(H,32,33)(H,35,36)/t22-,23+/m0/s1. The fraction of sp³-hybridized carbons (Fsp3) is 0.448. The zero-order valence-corrected chi connectivity index (χ0v) is 20.9. The van der Waals surface area contributed by atoms with Gasteiger partial charge in [-0.25, -0.2) is 0 Å². The van der Waals surface area contributed by atoms with E-state index in [4.69, 9.17) is 0 Å². The number of amides is 2. The molecule has 1 aliphatic heterocycles. The molecular formula is C29H34N2O6. The second-order valence-corrected chi connectivity index (χ2v) is 10.3. The maximum Gasteiger partial charge on any atom is 0.323 e.